The molecule has 0 saturated heterocycles. The summed E-state index contributed by atoms with van der Waals surface area (Å²) < 4.78 is 1.56. The molecule has 0 spiro atoms. The first-order valence-electron chi connectivity index (χ1n) is 6.59. The highest BCUT2D eigenvalue weighted by molar-refractivity contribution is 6.02. The first kappa shape index (κ1) is 13.0. The largest absolute Gasteiger partial charge is 0.305 e. The van der Waals surface area contributed by atoms with Gasteiger partial charge in [0.05, 0.1) is 18.1 Å². The molecule has 0 atom stereocenters. The summed E-state index contributed by atoms with van der Waals surface area (Å²) >= 11 is 0. The van der Waals surface area contributed by atoms with Crippen LogP contribution in [0.25, 0.3) is 5.69 Å². The van der Waals surface area contributed by atoms with Gasteiger partial charge in [0.1, 0.15) is 5.82 Å². The number of hydrogen-bond acceptors (Lipinski definition) is 4. The van der Waals surface area contributed by atoms with Crippen molar-refractivity contribution in [3.63, 3.8) is 0 Å². The molecule has 1 amide bonds. The average molecular weight is 282 g/mol. The first-order chi connectivity index (χ1) is 10.3. The van der Waals surface area contributed by atoms with E-state index in [9.17, 15) is 4.79 Å². The van der Waals surface area contributed by atoms with Crippen LogP contribution in [-0.2, 0) is 6.42 Å². The fourth-order valence-electron chi connectivity index (χ4n) is 1.94. The molecule has 3 aromatic rings. The van der Waals surface area contributed by atoms with Crippen molar-refractivity contribution in [3.05, 3.63) is 54.0 Å². The van der Waals surface area contributed by atoms with Crippen molar-refractivity contribution >= 4 is 11.7 Å². The third-order valence-electron chi connectivity index (χ3n) is 3.08. The number of anilines is 1. The number of nitrogens with one attached hydrogen (secondary N) is 2. The van der Waals surface area contributed by atoms with Gasteiger partial charge in [-0.1, -0.05) is 30.3 Å². The molecule has 2 aromatic heterocycles. The maximum absolute atomic E-state index is 12.2. The molecule has 0 radical (unpaired) electrons. The summed E-state index contributed by atoms with van der Waals surface area (Å²) in [7, 11) is 0. The maximum Gasteiger partial charge on any atom is 0.279 e. The summed E-state index contributed by atoms with van der Waals surface area (Å²) in [6, 6.07) is 9.49. The van der Waals surface area contributed by atoms with Crippen LogP contribution in [0.3, 0.4) is 0 Å². The Labute approximate surface area is 121 Å². The molecule has 0 aliphatic rings. The van der Waals surface area contributed by atoms with Gasteiger partial charge in [0.25, 0.3) is 5.91 Å². The Morgan fingerprint density at radius 1 is 1.33 bits per heavy atom. The van der Waals surface area contributed by atoms with E-state index in [4.69, 9.17) is 0 Å². The molecular weight excluding hydrogens is 268 g/mol. The van der Waals surface area contributed by atoms with E-state index in [-0.39, 0.29) is 11.6 Å². The van der Waals surface area contributed by atoms with Gasteiger partial charge >= 0.3 is 0 Å². The number of para-hydroxylation sites is 1. The van der Waals surface area contributed by atoms with Crippen LogP contribution in [0.15, 0.2) is 42.7 Å². The number of aromatic nitrogens is 5. The van der Waals surface area contributed by atoms with Crippen LogP contribution in [0.1, 0.15) is 23.0 Å². The number of rotatable bonds is 4. The minimum Gasteiger partial charge on any atom is -0.305 e. The van der Waals surface area contributed by atoms with Crippen LogP contribution in [0.5, 0.6) is 0 Å². The molecule has 0 saturated carbocycles. The number of aryl methyl sites for hydroxylation is 1. The number of carbonyl (C=O) groups excluding carboxylic acids is 1. The van der Waals surface area contributed by atoms with Crippen molar-refractivity contribution in [1.29, 1.82) is 0 Å². The van der Waals surface area contributed by atoms with Gasteiger partial charge in [0.15, 0.2) is 5.69 Å². The number of benzene rings is 1. The number of carbonyl (C=O) groups is 1. The lowest BCUT2D eigenvalue weighted by Crippen LogP contribution is -2.13. The Bertz CT molecular complexity index is 746. The van der Waals surface area contributed by atoms with Crippen LogP contribution in [0.4, 0.5) is 5.82 Å². The van der Waals surface area contributed by atoms with Crippen molar-refractivity contribution < 1.29 is 4.79 Å². The lowest BCUT2D eigenvalue weighted by molar-refractivity contribution is 0.102. The summed E-state index contributed by atoms with van der Waals surface area (Å²) in [5.74, 6) is 0.271. The Balaban J connectivity index is 1.79. The minimum absolute atomic E-state index is 0.246. The minimum atomic E-state index is -0.323. The molecule has 7 heteroatoms. The Hall–Kier alpha value is -2.96. The van der Waals surface area contributed by atoms with Gasteiger partial charge in [-0.05, 0) is 18.6 Å². The van der Waals surface area contributed by atoms with Gasteiger partial charge in [-0.15, -0.1) is 5.10 Å². The number of hydrogen-bond donors (Lipinski definition) is 2. The van der Waals surface area contributed by atoms with Crippen molar-refractivity contribution in [3.8, 4) is 5.69 Å². The van der Waals surface area contributed by atoms with E-state index >= 15 is 0 Å². The molecule has 21 heavy (non-hydrogen) atoms. The highest BCUT2D eigenvalue weighted by Gasteiger charge is 2.14. The van der Waals surface area contributed by atoms with Gasteiger partial charge in [-0.3, -0.25) is 9.89 Å². The average Bonchev–Trinajstić information content (AvgIpc) is 3.17. The van der Waals surface area contributed by atoms with Gasteiger partial charge in [0, 0.05) is 5.56 Å². The molecule has 0 unspecified atom stereocenters. The fourth-order valence-corrected chi connectivity index (χ4v) is 1.94. The highest BCUT2D eigenvalue weighted by Crippen LogP contribution is 2.13. The van der Waals surface area contributed by atoms with Gasteiger partial charge in [-0.2, -0.15) is 5.10 Å². The zero-order chi connectivity index (χ0) is 14.7. The number of H-pyrrole nitrogens is 1. The van der Waals surface area contributed by atoms with E-state index < -0.39 is 0 Å². The molecule has 106 valence electrons. The Kier molecular flexibility index (Phi) is 3.46. The van der Waals surface area contributed by atoms with Crippen LogP contribution in [0.2, 0.25) is 0 Å². The second-order valence-electron chi connectivity index (χ2n) is 4.46. The summed E-state index contributed by atoms with van der Waals surface area (Å²) in [5.41, 5.74) is 2.04. The van der Waals surface area contributed by atoms with E-state index in [0.717, 1.165) is 17.7 Å². The first-order valence-corrected chi connectivity index (χ1v) is 6.59. The van der Waals surface area contributed by atoms with Crippen molar-refractivity contribution in [2.45, 2.75) is 13.3 Å². The quantitative estimate of drug-likeness (QED) is 0.763. The maximum atomic E-state index is 12.2. The lowest BCUT2D eigenvalue weighted by atomic mass is 10.2. The topological polar surface area (TPSA) is 88.5 Å². The molecule has 2 N–H and O–H groups in total. The summed E-state index contributed by atoms with van der Waals surface area (Å²) in [6.07, 6.45) is 4.06. The smallest absolute Gasteiger partial charge is 0.279 e. The molecule has 7 nitrogen and oxygen atoms in total. The number of aromatic amines is 1. The molecule has 1 aromatic carbocycles. The van der Waals surface area contributed by atoms with E-state index in [1.807, 2.05) is 37.3 Å². The summed E-state index contributed by atoms with van der Waals surface area (Å²) in [6.45, 7) is 1.99. The third-order valence-corrected chi connectivity index (χ3v) is 3.08. The molecule has 2 heterocycles. The standard InChI is InChI=1S/C14H14N6O/c1-2-10-8-15-18-13(10)16-14(21)12-9-20(19-17-12)11-6-4-3-5-7-11/h3-9H,2H2,1H3,(H2,15,16,18,21). The second-order valence-corrected chi connectivity index (χ2v) is 4.46. The molecule has 0 bridgehead atoms. The van der Waals surface area contributed by atoms with Gasteiger partial charge in [-0.25, -0.2) is 4.68 Å². The van der Waals surface area contributed by atoms with E-state index in [2.05, 4.69) is 25.8 Å². The molecule has 3 rings (SSSR count). The SMILES string of the molecule is CCc1cn[nH]c1NC(=O)c1cn(-c2ccccc2)nn1. The van der Waals surface area contributed by atoms with Crippen LogP contribution in [0, 0.1) is 0 Å². The van der Waals surface area contributed by atoms with E-state index in [1.54, 1.807) is 17.1 Å². The van der Waals surface area contributed by atoms with Crippen LogP contribution < -0.4 is 5.32 Å². The normalized spacial score (nSPS) is 10.5. The third kappa shape index (κ3) is 2.66. The molecular formula is C14H14N6O. The fraction of sp³-hybridized carbons (Fsp3) is 0.143. The Morgan fingerprint density at radius 2 is 2.14 bits per heavy atom. The van der Waals surface area contributed by atoms with Crippen LogP contribution >= 0.6 is 0 Å². The van der Waals surface area contributed by atoms with Gasteiger partial charge in [0.2, 0.25) is 0 Å². The van der Waals surface area contributed by atoms with E-state index in [1.165, 1.54) is 0 Å². The van der Waals surface area contributed by atoms with Crippen molar-refractivity contribution in [2.75, 3.05) is 5.32 Å². The zero-order valence-electron chi connectivity index (χ0n) is 11.4. The van der Waals surface area contributed by atoms with E-state index in [0.29, 0.717) is 5.82 Å². The van der Waals surface area contributed by atoms with Crippen LogP contribution in [-0.4, -0.2) is 31.1 Å². The van der Waals surface area contributed by atoms with Crippen molar-refractivity contribution in [1.82, 2.24) is 25.2 Å². The Morgan fingerprint density at radius 3 is 2.90 bits per heavy atom. The molecule has 0 fully saturated rings. The number of nitrogens with zero attached hydrogens (tertiary/aromatic N) is 4. The van der Waals surface area contributed by atoms with Gasteiger partial charge < -0.3 is 5.32 Å². The summed E-state index contributed by atoms with van der Waals surface area (Å²) in [5, 5.41) is 17.3. The van der Waals surface area contributed by atoms with Crippen molar-refractivity contribution in [2.24, 2.45) is 0 Å². The predicted octanol–water partition coefficient (Wildman–Crippen LogP) is 1.81. The zero-order valence-corrected chi connectivity index (χ0v) is 11.4. The number of amides is 1. The monoisotopic (exact) mass is 282 g/mol. The second kappa shape index (κ2) is 5.58. The molecule has 0 aliphatic heterocycles. The summed E-state index contributed by atoms with van der Waals surface area (Å²) in [4.78, 5) is 12.2. The lowest BCUT2D eigenvalue weighted by Gasteiger charge is -2.01. The highest BCUT2D eigenvalue weighted by atomic mass is 16.2. The predicted molar refractivity (Wildman–Crippen MR) is 77.3 cm³/mol. The molecule has 0 aliphatic carbocycles.